The fourth-order valence-corrected chi connectivity index (χ4v) is 2.84. The van der Waals surface area contributed by atoms with Crippen LogP contribution < -0.4 is 14.8 Å². The van der Waals surface area contributed by atoms with Gasteiger partial charge in [-0.3, -0.25) is 4.40 Å². The van der Waals surface area contributed by atoms with Crippen LogP contribution in [0.2, 0.25) is 5.02 Å². The molecule has 0 saturated carbocycles. The van der Waals surface area contributed by atoms with Crippen LogP contribution in [0.15, 0.2) is 36.5 Å². The van der Waals surface area contributed by atoms with Gasteiger partial charge in [-0.05, 0) is 25.1 Å². The summed E-state index contributed by atoms with van der Waals surface area (Å²) in [6.45, 7) is 2.61. The zero-order chi connectivity index (χ0) is 17.1. The van der Waals surface area contributed by atoms with Gasteiger partial charge in [-0.15, -0.1) is 10.2 Å². The molecular formula is C17H19ClN4O2. The molecule has 2 aromatic heterocycles. The van der Waals surface area contributed by atoms with Crippen molar-refractivity contribution < 1.29 is 9.47 Å². The van der Waals surface area contributed by atoms with Crippen LogP contribution in [0.1, 0.15) is 24.4 Å². The first-order valence-electron chi connectivity index (χ1n) is 7.57. The third-order valence-electron chi connectivity index (χ3n) is 3.92. The van der Waals surface area contributed by atoms with E-state index >= 15 is 0 Å². The number of methoxy groups -OCH3 is 2. The molecule has 0 bridgehead atoms. The smallest absolute Gasteiger partial charge is 0.160 e. The Hall–Kier alpha value is -2.31. The molecule has 7 heteroatoms. The molecule has 3 aromatic rings. The number of ether oxygens (including phenoxy) is 2. The monoisotopic (exact) mass is 346 g/mol. The lowest BCUT2D eigenvalue weighted by Crippen LogP contribution is -2.20. The summed E-state index contributed by atoms with van der Waals surface area (Å²) in [4.78, 5) is 0. The van der Waals surface area contributed by atoms with E-state index in [2.05, 4.69) is 15.5 Å². The lowest BCUT2D eigenvalue weighted by atomic mass is 10.1. The Labute approximate surface area is 145 Å². The second-order valence-electron chi connectivity index (χ2n) is 5.38. The Kier molecular flexibility index (Phi) is 4.87. The van der Waals surface area contributed by atoms with Gasteiger partial charge in [0.25, 0.3) is 0 Å². The van der Waals surface area contributed by atoms with E-state index in [1.807, 2.05) is 41.8 Å². The summed E-state index contributed by atoms with van der Waals surface area (Å²) in [6.07, 6.45) is 1.95. The standard InChI is InChI=1S/C17H19ClN4O2/c1-11(12-8-13(18)15(24-3)9-14(12)23-2)19-10-17-21-20-16-6-4-5-7-22(16)17/h4-9,11,19H,10H2,1-3H3. The number of aromatic nitrogens is 3. The second-order valence-corrected chi connectivity index (χ2v) is 5.78. The highest BCUT2D eigenvalue weighted by Gasteiger charge is 2.16. The summed E-state index contributed by atoms with van der Waals surface area (Å²) in [5, 5.41) is 12.4. The first-order chi connectivity index (χ1) is 11.6. The van der Waals surface area contributed by atoms with E-state index in [0.29, 0.717) is 17.3 Å². The van der Waals surface area contributed by atoms with Crippen molar-refractivity contribution in [3.63, 3.8) is 0 Å². The third-order valence-corrected chi connectivity index (χ3v) is 4.22. The lowest BCUT2D eigenvalue weighted by Gasteiger charge is -2.18. The first-order valence-corrected chi connectivity index (χ1v) is 7.95. The fourth-order valence-electron chi connectivity index (χ4n) is 2.59. The molecule has 1 N–H and O–H groups in total. The summed E-state index contributed by atoms with van der Waals surface area (Å²) < 4.78 is 12.7. The zero-order valence-electron chi connectivity index (χ0n) is 13.8. The van der Waals surface area contributed by atoms with Gasteiger partial charge in [-0.25, -0.2) is 0 Å². The van der Waals surface area contributed by atoms with Gasteiger partial charge < -0.3 is 14.8 Å². The van der Waals surface area contributed by atoms with Crippen LogP contribution in [-0.2, 0) is 6.54 Å². The van der Waals surface area contributed by atoms with Crippen LogP contribution in [0.4, 0.5) is 0 Å². The predicted molar refractivity (Wildman–Crippen MR) is 92.8 cm³/mol. The molecule has 126 valence electrons. The number of rotatable bonds is 6. The number of hydrogen-bond acceptors (Lipinski definition) is 5. The van der Waals surface area contributed by atoms with Gasteiger partial charge in [0.15, 0.2) is 11.5 Å². The molecule has 0 spiro atoms. The topological polar surface area (TPSA) is 60.7 Å². The van der Waals surface area contributed by atoms with E-state index < -0.39 is 0 Å². The van der Waals surface area contributed by atoms with Crippen LogP contribution in [0.25, 0.3) is 5.65 Å². The minimum atomic E-state index is 0.0134. The van der Waals surface area contributed by atoms with E-state index in [1.54, 1.807) is 20.3 Å². The first kappa shape index (κ1) is 16.5. The summed E-state index contributed by atoms with van der Waals surface area (Å²) in [6, 6.07) is 9.48. The van der Waals surface area contributed by atoms with Gasteiger partial charge in [0.05, 0.1) is 25.8 Å². The van der Waals surface area contributed by atoms with Gasteiger partial charge >= 0.3 is 0 Å². The van der Waals surface area contributed by atoms with Crippen molar-refractivity contribution in [2.24, 2.45) is 0 Å². The van der Waals surface area contributed by atoms with Crippen LogP contribution >= 0.6 is 11.6 Å². The zero-order valence-corrected chi connectivity index (χ0v) is 14.5. The summed E-state index contributed by atoms with van der Waals surface area (Å²) >= 11 is 6.25. The summed E-state index contributed by atoms with van der Waals surface area (Å²) in [5.41, 5.74) is 1.78. The third kappa shape index (κ3) is 3.16. The minimum Gasteiger partial charge on any atom is -0.496 e. The Bertz CT molecular complexity index is 850. The summed E-state index contributed by atoms with van der Waals surface area (Å²) in [5.74, 6) is 2.16. The number of hydrogen-bond donors (Lipinski definition) is 1. The van der Waals surface area contributed by atoms with Crippen LogP contribution in [-0.4, -0.2) is 28.8 Å². The van der Waals surface area contributed by atoms with Gasteiger partial charge in [0, 0.05) is 23.9 Å². The highest BCUT2D eigenvalue weighted by molar-refractivity contribution is 6.32. The Balaban J connectivity index is 1.80. The van der Waals surface area contributed by atoms with E-state index in [0.717, 1.165) is 22.8 Å². The molecule has 0 aliphatic rings. The van der Waals surface area contributed by atoms with Crippen molar-refractivity contribution in [3.05, 3.63) is 52.9 Å². The average Bonchev–Trinajstić information content (AvgIpc) is 3.02. The predicted octanol–water partition coefficient (Wildman–Crippen LogP) is 3.25. The molecule has 24 heavy (non-hydrogen) atoms. The molecule has 0 fully saturated rings. The highest BCUT2D eigenvalue weighted by atomic mass is 35.5. The van der Waals surface area contributed by atoms with Crippen molar-refractivity contribution in [2.45, 2.75) is 19.5 Å². The maximum Gasteiger partial charge on any atom is 0.160 e. The number of nitrogens with one attached hydrogen (secondary N) is 1. The van der Waals surface area contributed by atoms with Crippen LogP contribution in [0.3, 0.4) is 0 Å². The van der Waals surface area contributed by atoms with E-state index in [9.17, 15) is 0 Å². The second kappa shape index (κ2) is 7.07. The summed E-state index contributed by atoms with van der Waals surface area (Å²) in [7, 11) is 3.21. The molecule has 0 amide bonds. The normalized spacial score (nSPS) is 12.3. The van der Waals surface area contributed by atoms with Gasteiger partial charge in [0.2, 0.25) is 0 Å². The molecule has 1 atom stereocenters. The molecule has 6 nitrogen and oxygen atoms in total. The largest absolute Gasteiger partial charge is 0.496 e. The van der Waals surface area contributed by atoms with Crippen molar-refractivity contribution in [1.29, 1.82) is 0 Å². The minimum absolute atomic E-state index is 0.0134. The number of halogens is 1. The fraction of sp³-hybridized carbons (Fsp3) is 0.294. The Morgan fingerprint density at radius 1 is 1.17 bits per heavy atom. The Morgan fingerprint density at radius 3 is 2.71 bits per heavy atom. The molecule has 0 radical (unpaired) electrons. The van der Waals surface area contributed by atoms with Gasteiger partial charge in [0.1, 0.15) is 11.5 Å². The van der Waals surface area contributed by atoms with Gasteiger partial charge in [-0.1, -0.05) is 17.7 Å². The number of fused-ring (bicyclic) bond motifs is 1. The Morgan fingerprint density at radius 2 is 1.96 bits per heavy atom. The number of pyridine rings is 1. The van der Waals surface area contributed by atoms with Crippen molar-refractivity contribution in [1.82, 2.24) is 19.9 Å². The van der Waals surface area contributed by atoms with Crippen LogP contribution in [0.5, 0.6) is 11.5 Å². The van der Waals surface area contributed by atoms with Crippen molar-refractivity contribution in [3.8, 4) is 11.5 Å². The van der Waals surface area contributed by atoms with Crippen molar-refractivity contribution >= 4 is 17.2 Å². The maximum absolute atomic E-state index is 6.25. The highest BCUT2D eigenvalue weighted by Crippen LogP contribution is 2.35. The van der Waals surface area contributed by atoms with E-state index in [1.165, 1.54) is 0 Å². The SMILES string of the molecule is COc1cc(OC)c(C(C)NCc2nnc3ccccn23)cc1Cl. The molecule has 0 aliphatic carbocycles. The average molecular weight is 347 g/mol. The molecule has 0 aliphatic heterocycles. The quantitative estimate of drug-likeness (QED) is 0.742. The number of benzene rings is 1. The van der Waals surface area contributed by atoms with Crippen LogP contribution in [0, 0.1) is 0 Å². The van der Waals surface area contributed by atoms with Crippen molar-refractivity contribution in [2.75, 3.05) is 14.2 Å². The molecule has 3 rings (SSSR count). The molecule has 2 heterocycles. The molecule has 0 saturated heterocycles. The van der Waals surface area contributed by atoms with E-state index in [-0.39, 0.29) is 6.04 Å². The van der Waals surface area contributed by atoms with Gasteiger partial charge in [-0.2, -0.15) is 0 Å². The molecule has 1 unspecified atom stereocenters. The molecular weight excluding hydrogens is 328 g/mol. The number of nitrogens with zero attached hydrogens (tertiary/aromatic N) is 3. The molecule has 1 aromatic carbocycles. The lowest BCUT2D eigenvalue weighted by molar-refractivity contribution is 0.385. The maximum atomic E-state index is 6.25. The van der Waals surface area contributed by atoms with E-state index in [4.69, 9.17) is 21.1 Å².